The smallest absolute Gasteiger partial charge is 0.230 e. The lowest BCUT2D eigenvalue weighted by atomic mass is 9.78. The number of aromatic nitrogens is 1. The molecule has 0 spiro atoms. The van der Waals surface area contributed by atoms with E-state index in [-0.39, 0.29) is 5.91 Å². The first-order valence-electron chi connectivity index (χ1n) is 8.18. The molecule has 1 amide bonds. The summed E-state index contributed by atoms with van der Waals surface area (Å²) in [6.45, 7) is 2.63. The highest BCUT2D eigenvalue weighted by Gasteiger charge is 2.42. The number of rotatable bonds is 4. The standard InChI is InChI=1S/C19H23ClN2O/c1-14-5-10-17(22(14)2)13-21-18(23)19(11-3-4-12-19)15-6-8-16(20)9-7-15/h5-10H,3-4,11-13H2,1-2H3,(H,21,23). The van der Waals surface area contributed by atoms with Crippen LogP contribution < -0.4 is 5.32 Å². The normalized spacial score (nSPS) is 16.5. The van der Waals surface area contributed by atoms with Crippen LogP contribution in [0.2, 0.25) is 5.02 Å². The molecule has 1 aromatic heterocycles. The van der Waals surface area contributed by atoms with Crippen molar-refractivity contribution in [3.8, 4) is 0 Å². The molecule has 1 aliphatic rings. The van der Waals surface area contributed by atoms with Gasteiger partial charge in [-0.25, -0.2) is 0 Å². The van der Waals surface area contributed by atoms with Gasteiger partial charge in [-0.3, -0.25) is 4.79 Å². The van der Waals surface area contributed by atoms with E-state index in [0.717, 1.165) is 36.9 Å². The Balaban J connectivity index is 1.79. The van der Waals surface area contributed by atoms with Gasteiger partial charge in [0.25, 0.3) is 0 Å². The van der Waals surface area contributed by atoms with Crippen LogP contribution in [0.1, 0.15) is 42.6 Å². The lowest BCUT2D eigenvalue weighted by Crippen LogP contribution is -2.42. The van der Waals surface area contributed by atoms with E-state index in [0.29, 0.717) is 11.6 Å². The van der Waals surface area contributed by atoms with Crippen molar-refractivity contribution < 1.29 is 4.79 Å². The minimum Gasteiger partial charge on any atom is -0.350 e. The molecular weight excluding hydrogens is 308 g/mol. The van der Waals surface area contributed by atoms with Crippen LogP contribution in [-0.2, 0) is 23.8 Å². The van der Waals surface area contributed by atoms with Gasteiger partial charge in [0.1, 0.15) is 0 Å². The molecule has 1 N–H and O–H groups in total. The maximum Gasteiger partial charge on any atom is 0.230 e. The molecule has 0 bridgehead atoms. The summed E-state index contributed by atoms with van der Waals surface area (Å²) in [5.41, 5.74) is 3.01. The monoisotopic (exact) mass is 330 g/mol. The number of carbonyl (C=O) groups excluding carboxylic acids is 1. The molecule has 1 saturated carbocycles. The molecule has 0 atom stereocenters. The van der Waals surface area contributed by atoms with Crippen LogP contribution in [0.15, 0.2) is 36.4 Å². The van der Waals surface area contributed by atoms with Crippen molar-refractivity contribution in [3.63, 3.8) is 0 Å². The molecular formula is C19H23ClN2O. The summed E-state index contributed by atoms with van der Waals surface area (Å²) in [6.07, 6.45) is 4.01. The fourth-order valence-electron chi connectivity index (χ4n) is 3.58. The average molecular weight is 331 g/mol. The lowest BCUT2D eigenvalue weighted by Gasteiger charge is -2.28. The van der Waals surface area contributed by atoms with E-state index in [1.807, 2.05) is 31.3 Å². The Morgan fingerprint density at radius 1 is 1.17 bits per heavy atom. The fourth-order valence-corrected chi connectivity index (χ4v) is 3.70. The van der Waals surface area contributed by atoms with E-state index < -0.39 is 5.41 Å². The van der Waals surface area contributed by atoms with Gasteiger partial charge in [0.15, 0.2) is 0 Å². The maximum absolute atomic E-state index is 13.0. The maximum atomic E-state index is 13.0. The number of amides is 1. The second kappa shape index (κ2) is 6.40. The number of aryl methyl sites for hydroxylation is 1. The van der Waals surface area contributed by atoms with Gasteiger partial charge in [0, 0.05) is 23.5 Å². The van der Waals surface area contributed by atoms with Crippen LogP contribution in [-0.4, -0.2) is 10.5 Å². The Morgan fingerprint density at radius 2 is 1.83 bits per heavy atom. The van der Waals surface area contributed by atoms with Crippen molar-refractivity contribution in [1.29, 1.82) is 0 Å². The number of carbonyl (C=O) groups is 1. The predicted octanol–water partition coefficient (Wildman–Crippen LogP) is 4.12. The molecule has 0 saturated heterocycles. The Hall–Kier alpha value is -1.74. The summed E-state index contributed by atoms with van der Waals surface area (Å²) in [7, 11) is 2.03. The van der Waals surface area contributed by atoms with Crippen LogP contribution in [0.5, 0.6) is 0 Å². The molecule has 1 heterocycles. The third kappa shape index (κ3) is 3.02. The summed E-state index contributed by atoms with van der Waals surface area (Å²) in [5.74, 6) is 0.135. The summed E-state index contributed by atoms with van der Waals surface area (Å²) in [6, 6.07) is 11.9. The third-order valence-corrected chi connectivity index (χ3v) is 5.45. The average Bonchev–Trinajstić information content (AvgIpc) is 3.16. The van der Waals surface area contributed by atoms with Gasteiger partial charge in [-0.05, 0) is 49.6 Å². The topological polar surface area (TPSA) is 34.0 Å². The molecule has 1 aromatic carbocycles. The first-order valence-corrected chi connectivity index (χ1v) is 8.56. The minimum absolute atomic E-state index is 0.135. The molecule has 0 unspecified atom stereocenters. The molecule has 0 radical (unpaired) electrons. The van der Waals surface area contributed by atoms with E-state index in [1.54, 1.807) is 0 Å². The Bertz CT molecular complexity index is 697. The van der Waals surface area contributed by atoms with Gasteiger partial charge in [-0.15, -0.1) is 0 Å². The lowest BCUT2D eigenvalue weighted by molar-refractivity contribution is -0.126. The molecule has 23 heavy (non-hydrogen) atoms. The molecule has 0 aliphatic heterocycles. The minimum atomic E-state index is -0.398. The van der Waals surface area contributed by atoms with E-state index in [2.05, 4.69) is 28.9 Å². The van der Waals surface area contributed by atoms with Gasteiger partial charge in [-0.2, -0.15) is 0 Å². The van der Waals surface area contributed by atoms with Crippen LogP contribution in [0.25, 0.3) is 0 Å². The molecule has 3 nitrogen and oxygen atoms in total. The molecule has 2 aromatic rings. The van der Waals surface area contributed by atoms with Crippen molar-refractivity contribution in [1.82, 2.24) is 9.88 Å². The van der Waals surface area contributed by atoms with Gasteiger partial charge in [0.2, 0.25) is 5.91 Å². The van der Waals surface area contributed by atoms with Crippen molar-refractivity contribution in [2.45, 2.75) is 44.6 Å². The zero-order valence-corrected chi connectivity index (χ0v) is 14.5. The highest BCUT2D eigenvalue weighted by Crippen LogP contribution is 2.41. The number of hydrogen-bond acceptors (Lipinski definition) is 1. The van der Waals surface area contributed by atoms with Crippen molar-refractivity contribution in [3.05, 3.63) is 58.4 Å². The van der Waals surface area contributed by atoms with Crippen LogP contribution in [0, 0.1) is 6.92 Å². The van der Waals surface area contributed by atoms with Crippen LogP contribution in [0.4, 0.5) is 0 Å². The van der Waals surface area contributed by atoms with Gasteiger partial charge < -0.3 is 9.88 Å². The second-order valence-electron chi connectivity index (χ2n) is 6.50. The van der Waals surface area contributed by atoms with Crippen molar-refractivity contribution in [2.75, 3.05) is 0 Å². The number of nitrogens with one attached hydrogen (secondary N) is 1. The van der Waals surface area contributed by atoms with E-state index >= 15 is 0 Å². The summed E-state index contributed by atoms with van der Waals surface area (Å²) in [4.78, 5) is 13.0. The zero-order valence-electron chi connectivity index (χ0n) is 13.7. The van der Waals surface area contributed by atoms with Gasteiger partial charge >= 0.3 is 0 Å². The first-order chi connectivity index (χ1) is 11.0. The highest BCUT2D eigenvalue weighted by molar-refractivity contribution is 6.30. The largest absolute Gasteiger partial charge is 0.350 e. The third-order valence-electron chi connectivity index (χ3n) is 5.20. The Kier molecular flexibility index (Phi) is 4.49. The van der Waals surface area contributed by atoms with Gasteiger partial charge in [0.05, 0.1) is 12.0 Å². The number of halogens is 1. The van der Waals surface area contributed by atoms with E-state index in [4.69, 9.17) is 11.6 Å². The van der Waals surface area contributed by atoms with Crippen LogP contribution in [0.3, 0.4) is 0 Å². The molecule has 1 aliphatic carbocycles. The molecule has 1 fully saturated rings. The SMILES string of the molecule is Cc1ccc(CNC(=O)C2(c3ccc(Cl)cc3)CCCC2)n1C. The van der Waals surface area contributed by atoms with Crippen molar-refractivity contribution >= 4 is 17.5 Å². The van der Waals surface area contributed by atoms with Crippen molar-refractivity contribution in [2.24, 2.45) is 7.05 Å². The molecule has 3 rings (SSSR count). The quantitative estimate of drug-likeness (QED) is 0.899. The second-order valence-corrected chi connectivity index (χ2v) is 6.94. The number of benzene rings is 1. The Labute approximate surface area is 142 Å². The first kappa shape index (κ1) is 16.1. The molecule has 4 heteroatoms. The summed E-state index contributed by atoms with van der Waals surface area (Å²) >= 11 is 6.00. The van der Waals surface area contributed by atoms with E-state index in [9.17, 15) is 4.79 Å². The number of hydrogen-bond donors (Lipinski definition) is 1. The summed E-state index contributed by atoms with van der Waals surface area (Å²) < 4.78 is 2.11. The van der Waals surface area contributed by atoms with Crippen LogP contribution >= 0.6 is 11.6 Å². The zero-order chi connectivity index (χ0) is 16.4. The van der Waals surface area contributed by atoms with E-state index in [1.165, 1.54) is 5.69 Å². The fraction of sp³-hybridized carbons (Fsp3) is 0.421. The summed E-state index contributed by atoms with van der Waals surface area (Å²) in [5, 5.41) is 3.87. The Morgan fingerprint density at radius 3 is 2.39 bits per heavy atom. The predicted molar refractivity (Wildman–Crippen MR) is 93.6 cm³/mol. The van der Waals surface area contributed by atoms with Gasteiger partial charge in [-0.1, -0.05) is 36.6 Å². The number of nitrogens with zero attached hydrogens (tertiary/aromatic N) is 1. The molecule has 122 valence electrons. The highest BCUT2D eigenvalue weighted by atomic mass is 35.5.